The lowest BCUT2D eigenvalue weighted by Gasteiger charge is -2.37. The highest BCUT2D eigenvalue weighted by atomic mass is 16.6. The molecule has 2 saturated heterocycles. The van der Waals surface area contributed by atoms with E-state index in [2.05, 4.69) is 0 Å². The number of esters is 2. The second-order valence-corrected chi connectivity index (χ2v) is 21.5. The zero-order valence-corrected chi connectivity index (χ0v) is 44.8. The van der Waals surface area contributed by atoms with Gasteiger partial charge in [0.25, 0.3) is 5.91 Å². The molecule has 1 unspecified atom stereocenters. The van der Waals surface area contributed by atoms with Crippen LogP contribution in [0, 0.1) is 40.9 Å². The number of nitrogens with zero attached hydrogens (tertiary/aromatic N) is 1. The second kappa shape index (κ2) is 29.0. The number of carbonyl (C=O) groups excluding carboxylic acids is 6. The zero-order chi connectivity index (χ0) is 52.5. The Morgan fingerprint density at radius 1 is 0.900 bits per heavy atom. The van der Waals surface area contributed by atoms with Crippen molar-refractivity contribution in [1.29, 1.82) is 0 Å². The number of rotatable bonds is 27. The van der Waals surface area contributed by atoms with E-state index in [-0.39, 0.29) is 72.5 Å². The van der Waals surface area contributed by atoms with Crippen LogP contribution in [0.25, 0.3) is 0 Å². The van der Waals surface area contributed by atoms with E-state index in [9.17, 15) is 39.0 Å². The first-order valence-electron chi connectivity index (χ1n) is 26.0. The number of aliphatic hydroxyl groups is 2. The van der Waals surface area contributed by atoms with E-state index in [1.165, 1.54) is 12.0 Å². The minimum Gasteiger partial charge on any atom is -0.462 e. The molecule has 0 radical (unpaired) electrons. The lowest BCUT2D eigenvalue weighted by molar-refractivity contribution is -0.167. The van der Waals surface area contributed by atoms with Gasteiger partial charge in [-0.25, -0.2) is 4.79 Å². The van der Waals surface area contributed by atoms with Crippen LogP contribution in [-0.2, 0) is 52.5 Å². The number of methoxy groups -OCH3 is 3. The molecule has 2 N–H and O–H groups in total. The molecule has 0 aromatic carbocycles. The quantitative estimate of drug-likeness (QED) is 0.0345. The molecule has 1 aliphatic carbocycles. The van der Waals surface area contributed by atoms with E-state index < -0.39 is 65.4 Å². The summed E-state index contributed by atoms with van der Waals surface area (Å²) >= 11 is 0. The van der Waals surface area contributed by atoms with Crippen molar-refractivity contribution in [3.63, 3.8) is 0 Å². The normalized spacial score (nSPS) is 26.4. The van der Waals surface area contributed by atoms with Gasteiger partial charge in [-0.2, -0.15) is 0 Å². The van der Waals surface area contributed by atoms with Crippen LogP contribution in [0.3, 0.4) is 0 Å². The number of Topliss-reactive ketones (excluding diaryl/α,β-unsaturated/α-hetero) is 3. The van der Waals surface area contributed by atoms with Crippen LogP contribution >= 0.6 is 0 Å². The van der Waals surface area contributed by atoms with Gasteiger partial charge in [-0.05, 0) is 113 Å². The number of piperidine rings is 1. The fraction of sp³-hybridized carbons (Fsp3) is 0.750. The van der Waals surface area contributed by atoms with Crippen molar-refractivity contribution < 1.29 is 62.7 Å². The van der Waals surface area contributed by atoms with Crippen LogP contribution in [0.2, 0.25) is 0 Å². The van der Waals surface area contributed by atoms with E-state index >= 15 is 0 Å². The van der Waals surface area contributed by atoms with Crippen molar-refractivity contribution in [2.75, 3.05) is 27.9 Å². The minimum atomic E-state index is -1.32. The van der Waals surface area contributed by atoms with Crippen molar-refractivity contribution in [2.45, 2.75) is 201 Å². The zero-order valence-electron chi connectivity index (χ0n) is 44.8. The molecule has 3 rings (SSSR count). The molecular weight excluding hydrogens is 895 g/mol. The first kappa shape index (κ1) is 60.5. The number of cyclic esters (lactones) is 1. The molecule has 3 aliphatic rings. The van der Waals surface area contributed by atoms with Gasteiger partial charge in [-0.15, -0.1) is 0 Å². The number of carbonyl (C=O) groups is 6. The predicted molar refractivity (Wildman–Crippen MR) is 269 cm³/mol. The van der Waals surface area contributed by atoms with Crippen LogP contribution in [0.1, 0.15) is 153 Å². The molecule has 0 aromatic rings. The number of allylic oxidation sites excluding steroid dienone is 6. The summed E-state index contributed by atoms with van der Waals surface area (Å²) in [6.07, 6.45) is 14.1. The number of amides is 1. The van der Waals surface area contributed by atoms with Gasteiger partial charge in [0.2, 0.25) is 5.78 Å². The molecule has 70 heavy (non-hydrogen) atoms. The summed E-state index contributed by atoms with van der Waals surface area (Å²) in [6.45, 7) is 18.5. The van der Waals surface area contributed by atoms with Gasteiger partial charge in [0.1, 0.15) is 36.2 Å². The fourth-order valence-electron chi connectivity index (χ4n) is 9.97. The molecule has 0 bridgehead atoms. The summed E-state index contributed by atoms with van der Waals surface area (Å²) in [6, 6.07) is -0.958. The number of hydrogen-bond acceptors (Lipinski definition) is 13. The lowest BCUT2D eigenvalue weighted by atomic mass is 9.78. The first-order chi connectivity index (χ1) is 33.0. The van der Waals surface area contributed by atoms with Crippen LogP contribution in [0.15, 0.2) is 47.6 Å². The summed E-state index contributed by atoms with van der Waals surface area (Å²) in [7, 11) is 4.61. The average Bonchev–Trinajstić information content (AvgIpc) is 3.33. The Morgan fingerprint density at radius 3 is 2.23 bits per heavy atom. The number of ketones is 3. The monoisotopic (exact) mass is 984 g/mol. The standard InChI is InChI=1S/C56H89NO13/c1-14-56(9,10)52(62)53(63)57-27-19-18-22-43(57)55(65)70-47(38(6)30-41-24-26-44(58)48(31-41)67-12)33-45(59)37(5)29-40(8)50(61)51(68-13)49(60)39(7)28-34(2)20-16-15-17-21-35(3)46(66-11)32-42-25-23-36(4)54(64)69-42/h15-17,20-21,29,34,36-39,41-44,46-48,50-51,58,61H,14,18-19,22-28,30-33H2,1-13H3/b17-15+,20-16+,35-21+,40-29+/t34-,36-,37-,38-,39-,41+,42?,43+,44-,46+,47+,48-,50-,51+/m1/s1. The van der Waals surface area contributed by atoms with Crippen molar-refractivity contribution in [1.82, 2.24) is 4.90 Å². The summed E-state index contributed by atoms with van der Waals surface area (Å²) in [5.41, 5.74) is 0.519. The van der Waals surface area contributed by atoms with Gasteiger partial charge in [0.15, 0.2) is 5.78 Å². The van der Waals surface area contributed by atoms with Gasteiger partial charge >= 0.3 is 11.9 Å². The first-order valence-corrected chi connectivity index (χ1v) is 26.0. The Kier molecular flexibility index (Phi) is 25.1. The molecule has 14 atom stereocenters. The van der Waals surface area contributed by atoms with Crippen LogP contribution in [0.4, 0.5) is 0 Å². The molecule has 14 heteroatoms. The highest BCUT2D eigenvalue weighted by molar-refractivity contribution is 6.38. The van der Waals surface area contributed by atoms with Gasteiger partial charge in [-0.1, -0.05) is 91.8 Å². The highest BCUT2D eigenvalue weighted by Gasteiger charge is 2.42. The number of aliphatic hydroxyl groups excluding tert-OH is 2. The maximum absolute atomic E-state index is 14.1. The van der Waals surface area contributed by atoms with Gasteiger partial charge < -0.3 is 38.8 Å². The molecule has 1 saturated carbocycles. The smallest absolute Gasteiger partial charge is 0.329 e. The Hall–Kier alpha value is -3.82. The summed E-state index contributed by atoms with van der Waals surface area (Å²) < 4.78 is 28.7. The topological polar surface area (TPSA) is 192 Å². The number of hydrogen-bond donors (Lipinski definition) is 2. The number of ether oxygens (including phenoxy) is 5. The molecule has 0 spiro atoms. The Labute approximate surface area is 419 Å². The molecule has 1 amide bonds. The molecule has 14 nitrogen and oxygen atoms in total. The molecule has 2 heterocycles. The molecule has 2 aliphatic heterocycles. The largest absolute Gasteiger partial charge is 0.462 e. The maximum Gasteiger partial charge on any atom is 0.329 e. The minimum absolute atomic E-state index is 0.0284. The third-order valence-corrected chi connectivity index (χ3v) is 15.3. The Morgan fingerprint density at radius 2 is 1.60 bits per heavy atom. The SMILES string of the molecule is CCC(C)(C)C(=O)C(=O)N1CCCC[C@H]1C(=O)O[C@@H](CC(=O)[C@H](C)/C=C(\C)[C@@H](O)[C@@H](OC)C(=O)[C@H](C)C[C@H](C)/C=C/C=C/C=C(\C)[C@H](CC1CC[C@@H](C)C(=O)O1)OC)[C@H](C)C[C@@H]1CC[C@@H](O)[C@H](OC)C1. The third kappa shape index (κ3) is 17.7. The van der Waals surface area contributed by atoms with Crippen LogP contribution < -0.4 is 0 Å². The molecular formula is C56H89NO13. The average molecular weight is 984 g/mol. The maximum atomic E-state index is 14.1. The summed E-state index contributed by atoms with van der Waals surface area (Å²) in [5.74, 6) is -3.89. The van der Waals surface area contributed by atoms with E-state index in [4.69, 9.17) is 23.7 Å². The Balaban J connectivity index is 1.68. The summed E-state index contributed by atoms with van der Waals surface area (Å²) in [4.78, 5) is 82.2. The Bertz CT molecular complexity index is 1870. The van der Waals surface area contributed by atoms with Gasteiger partial charge in [0.05, 0.1) is 24.2 Å². The van der Waals surface area contributed by atoms with Crippen LogP contribution in [0.5, 0.6) is 0 Å². The van der Waals surface area contributed by atoms with E-state index in [0.717, 1.165) is 24.8 Å². The van der Waals surface area contributed by atoms with E-state index in [0.29, 0.717) is 63.4 Å². The van der Waals surface area contributed by atoms with Gasteiger partial charge in [-0.3, -0.25) is 24.0 Å². The predicted octanol–water partition coefficient (Wildman–Crippen LogP) is 8.44. The van der Waals surface area contributed by atoms with Crippen LogP contribution in [-0.4, -0.2) is 127 Å². The molecule has 3 fully saturated rings. The van der Waals surface area contributed by atoms with E-state index in [1.807, 2.05) is 71.9 Å². The second-order valence-electron chi connectivity index (χ2n) is 21.5. The van der Waals surface area contributed by atoms with Crippen molar-refractivity contribution in [3.05, 3.63) is 47.6 Å². The van der Waals surface area contributed by atoms with E-state index in [1.54, 1.807) is 48.0 Å². The highest BCUT2D eigenvalue weighted by Crippen LogP contribution is 2.35. The third-order valence-electron chi connectivity index (χ3n) is 15.3. The van der Waals surface area contributed by atoms with Gasteiger partial charge in [0, 0.05) is 58.0 Å². The number of likely N-dealkylation sites (tertiary alicyclic amines) is 1. The molecule has 0 aromatic heterocycles. The van der Waals surface area contributed by atoms with Crippen molar-refractivity contribution in [2.24, 2.45) is 40.9 Å². The lowest BCUT2D eigenvalue weighted by Crippen LogP contribution is -2.53. The van der Waals surface area contributed by atoms with Crippen molar-refractivity contribution in [3.8, 4) is 0 Å². The van der Waals surface area contributed by atoms with Crippen molar-refractivity contribution >= 4 is 35.2 Å². The summed E-state index contributed by atoms with van der Waals surface area (Å²) in [5, 5.41) is 21.9. The molecule has 396 valence electrons. The fourth-order valence-corrected chi connectivity index (χ4v) is 9.97.